The number of aryl methyl sites for hydroxylation is 1. The maximum absolute atomic E-state index is 13.3. The highest BCUT2D eigenvalue weighted by molar-refractivity contribution is 7.11. The molecule has 2 N–H and O–H groups in total. The average Bonchev–Trinajstić information content (AvgIpc) is 2.87. The van der Waals surface area contributed by atoms with Gasteiger partial charge in [-0.3, -0.25) is 0 Å². The first-order valence-electron chi connectivity index (χ1n) is 6.76. The molecule has 0 bridgehead atoms. The van der Waals surface area contributed by atoms with Crippen molar-refractivity contribution in [1.82, 2.24) is 10.3 Å². The zero-order valence-corrected chi connectivity index (χ0v) is 12.7. The summed E-state index contributed by atoms with van der Waals surface area (Å²) in [5.41, 5.74) is 0.498. The van der Waals surface area contributed by atoms with Crippen molar-refractivity contribution in [3.63, 3.8) is 0 Å². The lowest BCUT2D eigenvalue weighted by atomic mass is 10.2. The van der Waals surface area contributed by atoms with E-state index in [1.165, 1.54) is 6.07 Å². The molecule has 0 saturated carbocycles. The minimum absolute atomic E-state index is 0.164. The average molecular weight is 310 g/mol. The molecule has 2 aromatic rings. The third-order valence-electron chi connectivity index (χ3n) is 2.87. The lowest BCUT2D eigenvalue weighted by molar-refractivity contribution is 0.0278. The van der Waals surface area contributed by atoms with Gasteiger partial charge < -0.3 is 15.2 Å². The van der Waals surface area contributed by atoms with Gasteiger partial charge >= 0.3 is 0 Å². The van der Waals surface area contributed by atoms with Crippen molar-refractivity contribution in [2.24, 2.45) is 0 Å². The third kappa shape index (κ3) is 5.51. The van der Waals surface area contributed by atoms with E-state index < -0.39 is 6.10 Å². The fourth-order valence-electron chi connectivity index (χ4n) is 1.83. The molecular weight excluding hydrogens is 291 g/mol. The summed E-state index contributed by atoms with van der Waals surface area (Å²) in [6, 6.07) is 6.47. The standard InChI is InChI=1S/C15H19FN2O2S/c1-11-18-8-14(21-11)7-17-6-13(19)10-20-9-12-4-2-3-5-15(12)16/h2-5,8,13,17,19H,6-7,9-10H2,1H3. The molecule has 4 nitrogen and oxygen atoms in total. The number of hydrogen-bond donors (Lipinski definition) is 2. The van der Waals surface area contributed by atoms with Gasteiger partial charge in [0.15, 0.2) is 0 Å². The Morgan fingerprint density at radius 1 is 1.43 bits per heavy atom. The second kappa shape index (κ2) is 8.19. The number of thiazole rings is 1. The summed E-state index contributed by atoms with van der Waals surface area (Å²) in [6.45, 7) is 3.39. The second-order valence-electron chi connectivity index (χ2n) is 4.74. The van der Waals surface area contributed by atoms with Crippen molar-refractivity contribution in [3.05, 3.63) is 51.7 Å². The largest absolute Gasteiger partial charge is 0.389 e. The summed E-state index contributed by atoms with van der Waals surface area (Å²) in [7, 11) is 0. The fraction of sp³-hybridized carbons (Fsp3) is 0.400. The molecule has 114 valence electrons. The zero-order chi connectivity index (χ0) is 15.1. The monoisotopic (exact) mass is 310 g/mol. The summed E-state index contributed by atoms with van der Waals surface area (Å²) in [6.07, 6.45) is 1.21. The first kappa shape index (κ1) is 16.0. The molecular formula is C15H19FN2O2S. The SMILES string of the molecule is Cc1ncc(CNCC(O)COCc2ccccc2F)s1. The van der Waals surface area contributed by atoms with Crippen LogP contribution in [0.25, 0.3) is 0 Å². The molecule has 6 heteroatoms. The minimum atomic E-state index is -0.620. The molecule has 0 fully saturated rings. The van der Waals surface area contributed by atoms with Crippen LogP contribution in [0.1, 0.15) is 15.4 Å². The van der Waals surface area contributed by atoms with Crippen LogP contribution in [0.2, 0.25) is 0 Å². The van der Waals surface area contributed by atoms with Gasteiger partial charge in [0.2, 0.25) is 0 Å². The van der Waals surface area contributed by atoms with Gasteiger partial charge in [-0.05, 0) is 13.0 Å². The van der Waals surface area contributed by atoms with Gasteiger partial charge in [0.25, 0.3) is 0 Å². The van der Waals surface area contributed by atoms with Crippen molar-refractivity contribution >= 4 is 11.3 Å². The summed E-state index contributed by atoms with van der Waals surface area (Å²) >= 11 is 1.63. The van der Waals surface area contributed by atoms with Crippen molar-refractivity contribution in [2.45, 2.75) is 26.2 Å². The molecule has 1 aromatic heterocycles. The zero-order valence-electron chi connectivity index (χ0n) is 11.9. The first-order valence-corrected chi connectivity index (χ1v) is 7.58. The Labute approximate surface area is 127 Å². The Bertz CT molecular complexity index is 562. The van der Waals surface area contributed by atoms with E-state index in [-0.39, 0.29) is 19.0 Å². The number of aliphatic hydroxyl groups excluding tert-OH is 1. The van der Waals surface area contributed by atoms with Crippen molar-refractivity contribution in [2.75, 3.05) is 13.2 Å². The fourth-order valence-corrected chi connectivity index (χ4v) is 2.59. The smallest absolute Gasteiger partial charge is 0.128 e. The molecule has 0 aliphatic carbocycles. The lowest BCUT2D eigenvalue weighted by Gasteiger charge is -2.12. The molecule has 1 atom stereocenters. The minimum Gasteiger partial charge on any atom is -0.389 e. The van der Waals surface area contributed by atoms with Crippen LogP contribution in [0.3, 0.4) is 0 Å². The van der Waals surface area contributed by atoms with Crippen LogP contribution in [0.5, 0.6) is 0 Å². The van der Waals surface area contributed by atoms with E-state index >= 15 is 0 Å². The highest BCUT2D eigenvalue weighted by atomic mass is 32.1. The van der Waals surface area contributed by atoms with Crippen LogP contribution in [-0.4, -0.2) is 29.3 Å². The number of rotatable bonds is 8. The molecule has 1 aromatic carbocycles. The van der Waals surface area contributed by atoms with E-state index in [4.69, 9.17) is 4.74 Å². The van der Waals surface area contributed by atoms with E-state index in [2.05, 4.69) is 10.3 Å². The van der Waals surface area contributed by atoms with Crippen LogP contribution < -0.4 is 5.32 Å². The van der Waals surface area contributed by atoms with Gasteiger partial charge in [0.1, 0.15) is 5.82 Å². The van der Waals surface area contributed by atoms with Crippen LogP contribution in [0.4, 0.5) is 4.39 Å². The van der Waals surface area contributed by atoms with E-state index in [9.17, 15) is 9.50 Å². The topological polar surface area (TPSA) is 54.4 Å². The van der Waals surface area contributed by atoms with Gasteiger partial charge in [0, 0.05) is 29.7 Å². The Balaban J connectivity index is 1.61. The molecule has 1 heterocycles. The summed E-state index contributed by atoms with van der Waals surface area (Å²) < 4.78 is 18.7. The van der Waals surface area contributed by atoms with E-state index in [0.29, 0.717) is 18.7 Å². The number of aromatic nitrogens is 1. The number of nitrogens with one attached hydrogen (secondary N) is 1. The molecule has 1 unspecified atom stereocenters. The molecule has 0 aliphatic rings. The highest BCUT2D eigenvalue weighted by Crippen LogP contribution is 2.10. The Morgan fingerprint density at radius 2 is 2.24 bits per heavy atom. The number of benzene rings is 1. The molecule has 21 heavy (non-hydrogen) atoms. The van der Waals surface area contributed by atoms with E-state index in [0.717, 1.165) is 9.88 Å². The summed E-state index contributed by atoms with van der Waals surface area (Å²) in [5.74, 6) is -0.286. The van der Waals surface area contributed by atoms with Crippen molar-refractivity contribution in [1.29, 1.82) is 0 Å². The molecule has 2 rings (SSSR count). The molecule has 0 aliphatic heterocycles. The molecule has 0 radical (unpaired) electrons. The van der Waals surface area contributed by atoms with Gasteiger partial charge in [-0.15, -0.1) is 11.3 Å². The number of halogens is 1. The second-order valence-corrected chi connectivity index (χ2v) is 6.06. The number of ether oxygens (including phenoxy) is 1. The maximum atomic E-state index is 13.3. The van der Waals surface area contributed by atoms with E-state index in [1.807, 2.05) is 13.1 Å². The predicted molar refractivity (Wildman–Crippen MR) is 80.6 cm³/mol. The van der Waals surface area contributed by atoms with Crippen LogP contribution in [-0.2, 0) is 17.9 Å². The van der Waals surface area contributed by atoms with Gasteiger partial charge in [-0.2, -0.15) is 0 Å². The first-order chi connectivity index (χ1) is 10.1. The summed E-state index contributed by atoms with van der Waals surface area (Å²) in [5, 5.41) is 14.0. The maximum Gasteiger partial charge on any atom is 0.128 e. The Kier molecular flexibility index (Phi) is 6.25. The Hall–Kier alpha value is -1.34. The molecule has 0 amide bonds. The molecule has 0 saturated heterocycles. The van der Waals surface area contributed by atoms with Gasteiger partial charge in [0.05, 0.1) is 24.3 Å². The number of hydrogen-bond acceptors (Lipinski definition) is 5. The Morgan fingerprint density at radius 3 is 2.95 bits per heavy atom. The van der Waals surface area contributed by atoms with Crippen LogP contribution >= 0.6 is 11.3 Å². The number of nitrogens with zero attached hydrogens (tertiary/aromatic N) is 1. The van der Waals surface area contributed by atoms with E-state index in [1.54, 1.807) is 29.5 Å². The van der Waals surface area contributed by atoms with Crippen LogP contribution in [0, 0.1) is 12.7 Å². The quantitative estimate of drug-likeness (QED) is 0.785. The van der Waals surface area contributed by atoms with Gasteiger partial charge in [-0.1, -0.05) is 18.2 Å². The van der Waals surface area contributed by atoms with Crippen molar-refractivity contribution < 1.29 is 14.2 Å². The predicted octanol–water partition coefficient (Wildman–Crippen LogP) is 2.26. The normalized spacial score (nSPS) is 12.5. The number of aliphatic hydroxyl groups is 1. The lowest BCUT2D eigenvalue weighted by Crippen LogP contribution is -2.29. The van der Waals surface area contributed by atoms with Crippen LogP contribution in [0.15, 0.2) is 30.5 Å². The van der Waals surface area contributed by atoms with Gasteiger partial charge in [-0.25, -0.2) is 9.37 Å². The van der Waals surface area contributed by atoms with Crippen molar-refractivity contribution in [3.8, 4) is 0 Å². The highest BCUT2D eigenvalue weighted by Gasteiger charge is 2.06. The molecule has 0 spiro atoms. The summed E-state index contributed by atoms with van der Waals surface area (Å²) in [4.78, 5) is 5.29. The third-order valence-corrected chi connectivity index (χ3v) is 3.79.